The summed E-state index contributed by atoms with van der Waals surface area (Å²) < 4.78 is 54.4. The van der Waals surface area contributed by atoms with Crippen LogP contribution in [0.3, 0.4) is 0 Å². The molecule has 0 aliphatic carbocycles. The molecule has 11 aromatic rings. The second kappa shape index (κ2) is 30.0. The van der Waals surface area contributed by atoms with Crippen LogP contribution in [0.25, 0.3) is 33.9 Å². The van der Waals surface area contributed by atoms with E-state index in [1.807, 2.05) is 235 Å². The molecule has 20 heteroatoms. The summed E-state index contributed by atoms with van der Waals surface area (Å²) in [5, 5.41) is 22.7. The maximum Gasteiger partial charge on any atom is 0.494 e. The normalized spacial score (nSPS) is 15.0. The van der Waals surface area contributed by atoms with Gasteiger partial charge < -0.3 is 37.8 Å². The van der Waals surface area contributed by atoms with Crippen molar-refractivity contribution in [1.29, 1.82) is 0 Å². The first-order valence-corrected chi connectivity index (χ1v) is 35.9. The summed E-state index contributed by atoms with van der Waals surface area (Å²) in [7, 11) is -8.32. The molecule has 0 spiro atoms. The Balaban J connectivity index is 0.000000174. The fourth-order valence-electron chi connectivity index (χ4n) is 10.6. The highest BCUT2D eigenvalue weighted by Gasteiger charge is 2.53. The van der Waals surface area contributed by atoms with Gasteiger partial charge in [-0.2, -0.15) is 0 Å². The largest absolute Gasteiger partial charge is 0.494 e. The Kier molecular flexibility index (Phi) is 22.3. The fraction of sp³-hybridized carbons (Fsp3) is 0.184. The molecule has 96 heavy (non-hydrogen) atoms. The molecule has 13 rings (SSSR count). The van der Waals surface area contributed by atoms with Crippen molar-refractivity contribution >= 4 is 119 Å². The average molecular weight is 1370 g/mol. The molecule has 0 bridgehead atoms. The van der Waals surface area contributed by atoms with Gasteiger partial charge in [0, 0.05) is 49.0 Å². The molecular formula is C76H74B3Cl3N4O8P2. The molecule has 12 nitrogen and oxygen atoms in total. The standard InChI is InChI=1S/C41H38BN2O3P.C24H26BO3P.C7H9BO2.C4HCl3N2/c1-29-19-21-30(22-20-29)37-28-38(32-13-12-14-33(27-32)42-46-40(2,3)41(4,5)47-42)44-39(43-37)31-23-25-36(26-24-31)48(45,34-15-8-6-9-16-34)35-17-10-7-11-18-35;1-23(2)24(3,4)28-25(27-23)19-15-17-22(18-16-19)29(26,20-11-7-5-8-12-20)21-13-9-6-10-14-21;1-6-2-4-7(5-3-6)8(9)10;5-2-1-3(6)9-4(7)8-2/h6-28H,1-5H3;5-18H,1-4H3;2-5,9-10H,1H3;1H. The molecule has 2 N–H and O–H groups in total. The molecule has 4 heterocycles. The van der Waals surface area contributed by atoms with Gasteiger partial charge in [0.05, 0.1) is 33.8 Å². The van der Waals surface area contributed by atoms with Crippen LogP contribution in [0.15, 0.2) is 255 Å². The van der Waals surface area contributed by atoms with Crippen molar-refractivity contribution in [3.8, 4) is 33.9 Å². The Morgan fingerprint density at radius 1 is 0.365 bits per heavy atom. The van der Waals surface area contributed by atoms with Crippen LogP contribution in [-0.4, -0.2) is 73.7 Å². The Morgan fingerprint density at radius 3 is 1.09 bits per heavy atom. The van der Waals surface area contributed by atoms with Crippen LogP contribution in [0.4, 0.5) is 0 Å². The van der Waals surface area contributed by atoms with E-state index >= 15 is 0 Å². The quantitative estimate of drug-likeness (QED) is 0.0516. The van der Waals surface area contributed by atoms with E-state index in [4.69, 9.17) is 73.4 Å². The molecule has 2 fully saturated rings. The molecule has 0 amide bonds. The van der Waals surface area contributed by atoms with Gasteiger partial charge in [-0.25, -0.2) is 19.9 Å². The monoisotopic (exact) mass is 1370 g/mol. The van der Waals surface area contributed by atoms with Gasteiger partial charge in [-0.15, -0.1) is 0 Å². The minimum Gasteiger partial charge on any atom is -0.423 e. The maximum absolute atomic E-state index is 14.9. The molecule has 0 atom stereocenters. The molecule has 486 valence electrons. The number of aryl methyl sites for hydroxylation is 2. The van der Waals surface area contributed by atoms with Crippen LogP contribution in [0.1, 0.15) is 66.5 Å². The molecule has 0 saturated carbocycles. The molecule has 2 aliphatic rings. The number of hydrogen-bond donors (Lipinski definition) is 2. The minimum absolute atomic E-state index is 0.0625. The lowest BCUT2D eigenvalue weighted by atomic mass is 9.78. The van der Waals surface area contributed by atoms with Gasteiger partial charge in [0.25, 0.3) is 0 Å². The summed E-state index contributed by atoms with van der Waals surface area (Å²) in [4.78, 5) is 17.3. The van der Waals surface area contributed by atoms with E-state index < -0.39 is 46.8 Å². The predicted octanol–water partition coefficient (Wildman–Crippen LogP) is 13.5. The second-order valence-electron chi connectivity index (χ2n) is 25.4. The Hall–Kier alpha value is -7.58. The highest BCUT2D eigenvalue weighted by Crippen LogP contribution is 2.44. The smallest absolute Gasteiger partial charge is 0.423 e. The lowest BCUT2D eigenvalue weighted by Crippen LogP contribution is -2.41. The van der Waals surface area contributed by atoms with Gasteiger partial charge in [0.1, 0.15) is 10.3 Å². The number of benzene rings is 9. The third kappa shape index (κ3) is 16.3. The third-order valence-electron chi connectivity index (χ3n) is 17.5. The van der Waals surface area contributed by atoms with Crippen LogP contribution >= 0.6 is 49.1 Å². The van der Waals surface area contributed by atoms with Gasteiger partial charge >= 0.3 is 21.4 Å². The zero-order chi connectivity index (χ0) is 68.6. The number of aromatic nitrogens is 4. The van der Waals surface area contributed by atoms with Gasteiger partial charge in [-0.05, 0) is 109 Å². The van der Waals surface area contributed by atoms with Crippen LogP contribution < -0.4 is 48.2 Å². The highest BCUT2D eigenvalue weighted by molar-refractivity contribution is 7.85. The van der Waals surface area contributed by atoms with Crippen molar-refractivity contribution in [3.05, 3.63) is 282 Å². The topological polar surface area (TPSA) is 163 Å². The Labute approximate surface area is 579 Å². The lowest BCUT2D eigenvalue weighted by Gasteiger charge is -2.32. The summed E-state index contributed by atoms with van der Waals surface area (Å²) in [6.07, 6.45) is 0. The molecule has 9 aromatic carbocycles. The highest BCUT2D eigenvalue weighted by atomic mass is 35.5. The van der Waals surface area contributed by atoms with E-state index in [1.165, 1.54) is 11.6 Å². The van der Waals surface area contributed by atoms with Gasteiger partial charge in [-0.3, -0.25) is 0 Å². The van der Waals surface area contributed by atoms with Gasteiger partial charge in [0.2, 0.25) is 5.28 Å². The van der Waals surface area contributed by atoms with Crippen LogP contribution in [0, 0.1) is 13.8 Å². The summed E-state index contributed by atoms with van der Waals surface area (Å²) in [6, 6.07) is 81.6. The average Bonchev–Trinajstić information content (AvgIpc) is 1.05. The van der Waals surface area contributed by atoms with Crippen molar-refractivity contribution in [2.24, 2.45) is 0 Å². The van der Waals surface area contributed by atoms with Crippen molar-refractivity contribution in [2.75, 3.05) is 0 Å². The molecular weight excluding hydrogens is 1300 g/mol. The van der Waals surface area contributed by atoms with Crippen LogP contribution in [-0.2, 0) is 27.7 Å². The maximum atomic E-state index is 14.9. The number of halogens is 3. The van der Waals surface area contributed by atoms with E-state index in [0.717, 1.165) is 76.4 Å². The summed E-state index contributed by atoms with van der Waals surface area (Å²) in [5.74, 6) is 0.588. The van der Waals surface area contributed by atoms with Crippen molar-refractivity contribution in [3.63, 3.8) is 0 Å². The molecule has 2 aromatic heterocycles. The van der Waals surface area contributed by atoms with Gasteiger partial charge in [0.15, 0.2) is 20.1 Å². The van der Waals surface area contributed by atoms with Crippen molar-refractivity contribution in [1.82, 2.24) is 19.9 Å². The van der Waals surface area contributed by atoms with Crippen LogP contribution in [0.5, 0.6) is 0 Å². The number of hydrogen-bond acceptors (Lipinski definition) is 12. The van der Waals surface area contributed by atoms with E-state index in [9.17, 15) is 9.13 Å². The number of rotatable bonds is 12. The zero-order valence-corrected chi connectivity index (χ0v) is 59.2. The van der Waals surface area contributed by atoms with E-state index in [-0.39, 0.29) is 26.8 Å². The minimum atomic E-state index is -3.11. The van der Waals surface area contributed by atoms with Gasteiger partial charge in [-0.1, -0.05) is 277 Å². The van der Waals surface area contributed by atoms with E-state index in [1.54, 1.807) is 12.1 Å². The lowest BCUT2D eigenvalue weighted by molar-refractivity contribution is 0.00578. The molecule has 0 unspecified atom stereocenters. The molecule has 2 saturated heterocycles. The molecule has 0 radical (unpaired) electrons. The van der Waals surface area contributed by atoms with E-state index in [2.05, 4.69) is 81.0 Å². The van der Waals surface area contributed by atoms with Crippen LogP contribution in [0.2, 0.25) is 15.6 Å². The predicted molar refractivity (Wildman–Crippen MR) is 398 cm³/mol. The third-order valence-corrected chi connectivity index (χ3v) is 24.3. The summed E-state index contributed by atoms with van der Waals surface area (Å²) >= 11 is 16.2. The molecule has 2 aliphatic heterocycles. The SMILES string of the molecule is CC1(C)OB(c2ccc(P(=O)(c3ccccc3)c3ccccc3)cc2)OC1(C)C.Cc1ccc(-c2cc(-c3cccc(B4OC(C)(C)C(C)(C)O4)c3)nc(-c3ccc(P(=O)(c4ccccc4)c4ccccc4)cc3)n2)cc1.Cc1ccc(B(O)O)cc1.Clc1cc(Cl)nc(Cl)n1. The summed E-state index contributed by atoms with van der Waals surface area (Å²) in [5.41, 5.74) is 7.42. The fourth-order valence-corrected chi connectivity index (χ4v) is 16.6. The van der Waals surface area contributed by atoms with Crippen molar-refractivity contribution < 1.29 is 37.8 Å². The first kappa shape index (κ1) is 71.2. The Morgan fingerprint density at radius 2 is 0.708 bits per heavy atom. The first-order valence-electron chi connectivity index (χ1n) is 31.4. The van der Waals surface area contributed by atoms with Crippen molar-refractivity contribution in [2.45, 2.75) is 91.6 Å². The first-order chi connectivity index (χ1) is 45.7. The summed E-state index contributed by atoms with van der Waals surface area (Å²) in [6.45, 7) is 20.4. The van der Waals surface area contributed by atoms with E-state index in [0.29, 0.717) is 11.3 Å². The zero-order valence-electron chi connectivity index (χ0n) is 55.1. The Bertz CT molecular complexity index is 4360. The number of nitrogens with zero attached hydrogens (tertiary/aromatic N) is 4. The second-order valence-corrected chi connectivity index (χ2v) is 32.0.